The number of aliphatic carboxylic acids is 2. The van der Waals surface area contributed by atoms with Crippen molar-refractivity contribution in [2.75, 3.05) is 19.6 Å². The Kier molecular flexibility index (Phi) is 2.65. The lowest BCUT2D eigenvalue weighted by Crippen LogP contribution is -2.28. The molecule has 1 aliphatic heterocycles. The highest BCUT2D eigenvalue weighted by atomic mass is 16.4. The molecule has 2 N–H and O–H groups in total. The SMILES string of the molecule is O=C(O)[C@@H]1CN(CC2CC2)C[C@H]1C(=O)O. The minimum absolute atomic E-state index is 0.392. The number of hydrogen-bond donors (Lipinski definition) is 2. The first-order valence-corrected chi connectivity index (χ1v) is 5.26. The Morgan fingerprint density at radius 2 is 1.53 bits per heavy atom. The summed E-state index contributed by atoms with van der Waals surface area (Å²) in [4.78, 5) is 23.7. The molecule has 0 radical (unpaired) electrons. The average molecular weight is 213 g/mol. The van der Waals surface area contributed by atoms with Crippen molar-refractivity contribution in [2.24, 2.45) is 17.8 Å². The Labute approximate surface area is 87.7 Å². The van der Waals surface area contributed by atoms with Gasteiger partial charge in [0.1, 0.15) is 0 Å². The minimum atomic E-state index is -0.985. The van der Waals surface area contributed by atoms with E-state index in [-0.39, 0.29) is 0 Å². The maximum absolute atomic E-state index is 10.9. The molecule has 0 aromatic heterocycles. The van der Waals surface area contributed by atoms with Gasteiger partial charge in [-0.3, -0.25) is 9.59 Å². The Hall–Kier alpha value is -1.10. The van der Waals surface area contributed by atoms with Crippen LogP contribution in [0.25, 0.3) is 0 Å². The molecule has 2 aliphatic rings. The maximum Gasteiger partial charge on any atom is 0.308 e. The van der Waals surface area contributed by atoms with Gasteiger partial charge in [0.2, 0.25) is 0 Å². The Bertz CT molecular complexity index is 265. The molecular weight excluding hydrogens is 198 g/mol. The number of hydrogen-bond acceptors (Lipinski definition) is 3. The van der Waals surface area contributed by atoms with Crippen molar-refractivity contribution in [3.63, 3.8) is 0 Å². The number of rotatable bonds is 4. The van der Waals surface area contributed by atoms with Gasteiger partial charge >= 0.3 is 11.9 Å². The van der Waals surface area contributed by atoms with Crippen molar-refractivity contribution in [1.29, 1.82) is 0 Å². The predicted octanol–water partition coefficient (Wildman–Crippen LogP) is 0.114. The van der Waals surface area contributed by atoms with E-state index >= 15 is 0 Å². The van der Waals surface area contributed by atoms with E-state index in [9.17, 15) is 9.59 Å². The van der Waals surface area contributed by atoms with Gasteiger partial charge in [-0.2, -0.15) is 0 Å². The third-order valence-corrected chi connectivity index (χ3v) is 3.24. The summed E-state index contributed by atoms with van der Waals surface area (Å²) >= 11 is 0. The molecule has 84 valence electrons. The van der Waals surface area contributed by atoms with Crippen LogP contribution in [0.2, 0.25) is 0 Å². The predicted molar refractivity (Wildman–Crippen MR) is 51.4 cm³/mol. The third-order valence-electron chi connectivity index (χ3n) is 3.24. The maximum atomic E-state index is 10.9. The van der Waals surface area contributed by atoms with Crippen LogP contribution in [-0.2, 0) is 9.59 Å². The average Bonchev–Trinajstić information content (AvgIpc) is 2.81. The van der Waals surface area contributed by atoms with Crippen LogP contribution in [0.4, 0.5) is 0 Å². The van der Waals surface area contributed by atoms with E-state index in [1.165, 1.54) is 12.8 Å². The smallest absolute Gasteiger partial charge is 0.308 e. The second kappa shape index (κ2) is 3.81. The van der Waals surface area contributed by atoms with Crippen LogP contribution in [0.1, 0.15) is 12.8 Å². The van der Waals surface area contributed by atoms with Crippen molar-refractivity contribution >= 4 is 11.9 Å². The summed E-state index contributed by atoms with van der Waals surface area (Å²) in [6, 6.07) is 0. The lowest BCUT2D eigenvalue weighted by atomic mass is 9.97. The number of carboxylic acid groups (broad SMARTS) is 2. The fraction of sp³-hybridized carbons (Fsp3) is 0.800. The molecule has 5 nitrogen and oxygen atoms in total. The summed E-state index contributed by atoms with van der Waals surface area (Å²) in [6.07, 6.45) is 2.40. The molecule has 0 spiro atoms. The molecule has 2 rings (SSSR count). The van der Waals surface area contributed by atoms with Gasteiger partial charge in [0, 0.05) is 19.6 Å². The van der Waals surface area contributed by atoms with E-state index in [4.69, 9.17) is 10.2 Å². The largest absolute Gasteiger partial charge is 0.481 e. The van der Waals surface area contributed by atoms with Crippen molar-refractivity contribution in [3.8, 4) is 0 Å². The Morgan fingerprint density at radius 1 is 1.07 bits per heavy atom. The molecule has 2 atom stereocenters. The van der Waals surface area contributed by atoms with Gasteiger partial charge < -0.3 is 15.1 Å². The second-order valence-electron chi connectivity index (χ2n) is 4.55. The van der Waals surface area contributed by atoms with Crippen molar-refractivity contribution < 1.29 is 19.8 Å². The zero-order valence-corrected chi connectivity index (χ0v) is 8.43. The normalized spacial score (nSPS) is 31.7. The van der Waals surface area contributed by atoms with E-state index in [0.717, 1.165) is 6.54 Å². The van der Waals surface area contributed by atoms with E-state index in [1.807, 2.05) is 4.90 Å². The zero-order valence-electron chi connectivity index (χ0n) is 8.43. The van der Waals surface area contributed by atoms with Gasteiger partial charge in [0.25, 0.3) is 0 Å². The number of carboxylic acids is 2. The minimum Gasteiger partial charge on any atom is -0.481 e. The van der Waals surface area contributed by atoms with Gasteiger partial charge in [-0.25, -0.2) is 0 Å². The van der Waals surface area contributed by atoms with Crippen LogP contribution in [0, 0.1) is 17.8 Å². The Balaban J connectivity index is 1.97. The summed E-state index contributed by atoms with van der Waals surface area (Å²) in [6.45, 7) is 1.65. The van der Waals surface area contributed by atoms with Crippen LogP contribution in [0.5, 0.6) is 0 Å². The molecule has 0 unspecified atom stereocenters. The fourth-order valence-corrected chi connectivity index (χ4v) is 2.20. The van der Waals surface area contributed by atoms with Gasteiger partial charge in [-0.15, -0.1) is 0 Å². The van der Waals surface area contributed by atoms with Gasteiger partial charge in [-0.1, -0.05) is 0 Å². The molecule has 1 aliphatic carbocycles. The lowest BCUT2D eigenvalue weighted by Gasteiger charge is -2.13. The first-order chi connectivity index (χ1) is 7.08. The fourth-order valence-electron chi connectivity index (χ4n) is 2.20. The molecule has 1 heterocycles. The highest BCUT2D eigenvalue weighted by Gasteiger charge is 2.43. The monoisotopic (exact) mass is 213 g/mol. The number of nitrogens with zero attached hydrogens (tertiary/aromatic N) is 1. The summed E-state index contributed by atoms with van der Waals surface area (Å²) in [5, 5.41) is 17.8. The van der Waals surface area contributed by atoms with Gasteiger partial charge in [-0.05, 0) is 18.8 Å². The zero-order chi connectivity index (χ0) is 11.0. The van der Waals surface area contributed by atoms with Crippen LogP contribution in [0.15, 0.2) is 0 Å². The summed E-state index contributed by atoms with van der Waals surface area (Å²) < 4.78 is 0. The van der Waals surface area contributed by atoms with Crippen molar-refractivity contribution in [1.82, 2.24) is 4.90 Å². The second-order valence-corrected chi connectivity index (χ2v) is 4.55. The van der Waals surface area contributed by atoms with Crippen LogP contribution in [0.3, 0.4) is 0 Å². The molecule has 15 heavy (non-hydrogen) atoms. The van der Waals surface area contributed by atoms with Crippen LogP contribution in [-0.4, -0.2) is 46.7 Å². The lowest BCUT2D eigenvalue weighted by molar-refractivity contribution is -0.151. The van der Waals surface area contributed by atoms with E-state index < -0.39 is 23.8 Å². The van der Waals surface area contributed by atoms with Gasteiger partial charge in [0.15, 0.2) is 0 Å². The third kappa shape index (κ3) is 2.28. The van der Waals surface area contributed by atoms with E-state index in [0.29, 0.717) is 19.0 Å². The number of carbonyl (C=O) groups is 2. The highest BCUT2D eigenvalue weighted by Crippen LogP contribution is 2.33. The molecule has 2 fully saturated rings. The molecule has 0 bridgehead atoms. The topological polar surface area (TPSA) is 77.8 Å². The highest BCUT2D eigenvalue weighted by molar-refractivity contribution is 5.81. The molecule has 0 aromatic carbocycles. The quantitative estimate of drug-likeness (QED) is 0.693. The summed E-state index contributed by atoms with van der Waals surface area (Å²) in [5.41, 5.74) is 0. The van der Waals surface area contributed by atoms with Gasteiger partial charge in [0.05, 0.1) is 11.8 Å². The molecule has 1 saturated heterocycles. The molecular formula is C10H15NO4. The molecule has 0 aromatic rings. The molecule has 0 amide bonds. The van der Waals surface area contributed by atoms with Crippen LogP contribution < -0.4 is 0 Å². The molecule has 1 saturated carbocycles. The molecule has 5 heteroatoms. The van der Waals surface area contributed by atoms with Crippen molar-refractivity contribution in [3.05, 3.63) is 0 Å². The summed E-state index contributed by atoms with van der Waals surface area (Å²) in [5.74, 6) is -2.77. The number of likely N-dealkylation sites (tertiary alicyclic amines) is 1. The van der Waals surface area contributed by atoms with E-state index in [1.54, 1.807) is 0 Å². The first-order valence-electron chi connectivity index (χ1n) is 5.26. The van der Waals surface area contributed by atoms with Crippen LogP contribution >= 0.6 is 0 Å². The van der Waals surface area contributed by atoms with Crippen molar-refractivity contribution in [2.45, 2.75) is 12.8 Å². The first kappa shape index (κ1) is 10.4. The summed E-state index contributed by atoms with van der Waals surface area (Å²) in [7, 11) is 0. The standard InChI is InChI=1S/C10H15NO4/c12-9(13)7-4-11(3-6-1-2-6)5-8(7)10(14)15/h6-8H,1-5H2,(H,12,13)(H,14,15)/t7-,8-/m1/s1. The Morgan fingerprint density at radius 3 is 1.87 bits per heavy atom. The van der Waals surface area contributed by atoms with E-state index in [2.05, 4.69) is 0 Å².